The zero-order chi connectivity index (χ0) is 25.8. The maximum atomic E-state index is 13.7. The molecule has 0 heterocycles. The Kier molecular flexibility index (Phi) is 7.22. The van der Waals surface area contributed by atoms with Gasteiger partial charge in [0, 0.05) is 11.4 Å². The fourth-order valence-corrected chi connectivity index (χ4v) is 3.05. The van der Waals surface area contributed by atoms with Gasteiger partial charge in [0.15, 0.2) is 0 Å². The second kappa shape index (κ2) is 9.95. The third-order valence-corrected chi connectivity index (χ3v) is 4.63. The first-order valence-corrected chi connectivity index (χ1v) is 9.79. The standard InChI is InChI=1S/C23H17F6N3O3/c1-35-19-8-3-2-7-16(19)20(33)32-18-10-9-15(12-17(18)23(27,28)29)31-21(34)30-14-6-4-5-13(11-14)22(24,25)26/h2-12H,1H3,(H,32,33)(H2,30,31,34). The number of hydrogen-bond donors (Lipinski definition) is 3. The second-order valence-corrected chi connectivity index (χ2v) is 7.07. The van der Waals surface area contributed by atoms with Gasteiger partial charge in [-0.3, -0.25) is 4.79 Å². The highest BCUT2D eigenvalue weighted by Gasteiger charge is 2.35. The molecule has 3 N–H and O–H groups in total. The molecule has 35 heavy (non-hydrogen) atoms. The van der Waals surface area contributed by atoms with Crippen LogP contribution < -0.4 is 20.7 Å². The Hall–Kier alpha value is -4.22. The molecular formula is C23H17F6N3O3. The van der Waals surface area contributed by atoms with E-state index in [0.29, 0.717) is 12.1 Å². The van der Waals surface area contributed by atoms with E-state index in [1.807, 2.05) is 0 Å². The van der Waals surface area contributed by atoms with Gasteiger partial charge in [0.1, 0.15) is 5.75 Å². The fourth-order valence-electron chi connectivity index (χ4n) is 3.05. The van der Waals surface area contributed by atoms with E-state index >= 15 is 0 Å². The van der Waals surface area contributed by atoms with Crippen molar-refractivity contribution in [3.05, 3.63) is 83.4 Å². The molecule has 0 spiro atoms. The van der Waals surface area contributed by atoms with Crippen molar-refractivity contribution in [2.24, 2.45) is 0 Å². The van der Waals surface area contributed by atoms with Crippen LogP contribution in [-0.2, 0) is 12.4 Å². The molecule has 3 aromatic carbocycles. The van der Waals surface area contributed by atoms with Crippen molar-refractivity contribution in [2.45, 2.75) is 12.4 Å². The van der Waals surface area contributed by atoms with Crippen molar-refractivity contribution >= 4 is 29.0 Å². The molecule has 0 unspecified atom stereocenters. The number of ether oxygens (including phenoxy) is 1. The molecule has 0 bridgehead atoms. The number of carbonyl (C=O) groups is 2. The molecule has 12 heteroatoms. The van der Waals surface area contributed by atoms with Gasteiger partial charge in [-0.25, -0.2) is 4.79 Å². The molecule has 3 amide bonds. The van der Waals surface area contributed by atoms with E-state index in [1.54, 1.807) is 6.07 Å². The van der Waals surface area contributed by atoms with Crippen LogP contribution in [-0.4, -0.2) is 19.0 Å². The molecule has 0 saturated heterocycles. The highest BCUT2D eigenvalue weighted by molar-refractivity contribution is 6.07. The molecule has 184 valence electrons. The van der Waals surface area contributed by atoms with E-state index in [9.17, 15) is 35.9 Å². The number of nitrogens with one attached hydrogen (secondary N) is 3. The van der Waals surface area contributed by atoms with Crippen LogP contribution in [0.3, 0.4) is 0 Å². The van der Waals surface area contributed by atoms with E-state index in [-0.39, 0.29) is 22.7 Å². The average molecular weight is 497 g/mol. The Bertz CT molecular complexity index is 1240. The van der Waals surface area contributed by atoms with Gasteiger partial charge in [0.2, 0.25) is 0 Å². The van der Waals surface area contributed by atoms with Crippen LogP contribution in [0, 0.1) is 0 Å². The van der Waals surface area contributed by atoms with E-state index in [1.165, 1.54) is 31.4 Å². The predicted octanol–water partition coefficient (Wildman–Crippen LogP) is 6.63. The van der Waals surface area contributed by atoms with Crippen molar-refractivity contribution in [1.82, 2.24) is 0 Å². The fraction of sp³-hybridized carbons (Fsp3) is 0.130. The summed E-state index contributed by atoms with van der Waals surface area (Å²) in [7, 11) is 1.30. The van der Waals surface area contributed by atoms with Crippen LogP contribution in [0.1, 0.15) is 21.5 Å². The summed E-state index contributed by atoms with van der Waals surface area (Å²) in [5, 5.41) is 6.43. The van der Waals surface area contributed by atoms with Gasteiger partial charge in [-0.1, -0.05) is 18.2 Å². The van der Waals surface area contributed by atoms with Crippen molar-refractivity contribution in [3.8, 4) is 5.75 Å². The number of amides is 3. The number of urea groups is 1. The van der Waals surface area contributed by atoms with Crippen molar-refractivity contribution in [2.75, 3.05) is 23.1 Å². The van der Waals surface area contributed by atoms with Gasteiger partial charge < -0.3 is 20.7 Å². The summed E-state index contributed by atoms with van der Waals surface area (Å²) in [4.78, 5) is 24.7. The molecule has 6 nitrogen and oxygen atoms in total. The molecule has 0 fully saturated rings. The summed E-state index contributed by atoms with van der Waals surface area (Å²) in [5.74, 6) is -0.695. The summed E-state index contributed by atoms with van der Waals surface area (Å²) in [5.41, 5.74) is -3.35. The second-order valence-electron chi connectivity index (χ2n) is 7.07. The van der Waals surface area contributed by atoms with Crippen LogP contribution in [0.2, 0.25) is 0 Å². The normalized spacial score (nSPS) is 11.5. The molecule has 0 atom stereocenters. The lowest BCUT2D eigenvalue weighted by Gasteiger charge is -2.17. The Morgan fingerprint density at radius 3 is 2.03 bits per heavy atom. The lowest BCUT2D eigenvalue weighted by atomic mass is 10.1. The van der Waals surface area contributed by atoms with Gasteiger partial charge in [0.25, 0.3) is 5.91 Å². The monoisotopic (exact) mass is 497 g/mol. The van der Waals surface area contributed by atoms with Gasteiger partial charge in [0.05, 0.1) is 29.5 Å². The minimum atomic E-state index is -4.90. The van der Waals surface area contributed by atoms with Gasteiger partial charge in [-0.05, 0) is 48.5 Å². The van der Waals surface area contributed by atoms with Gasteiger partial charge in [-0.2, -0.15) is 26.3 Å². The molecule has 0 radical (unpaired) electrons. The number of para-hydroxylation sites is 1. The molecule has 3 aromatic rings. The number of carbonyl (C=O) groups excluding carboxylic acids is 2. The minimum absolute atomic E-state index is 0.00536. The SMILES string of the molecule is COc1ccccc1C(=O)Nc1ccc(NC(=O)Nc2cccc(C(F)(F)F)c2)cc1C(F)(F)F. The molecule has 3 rings (SSSR count). The largest absolute Gasteiger partial charge is 0.496 e. The molecule has 0 saturated carbocycles. The Labute approximate surface area is 194 Å². The molecule has 0 aliphatic carbocycles. The van der Waals surface area contributed by atoms with Crippen LogP contribution in [0.25, 0.3) is 0 Å². The third kappa shape index (κ3) is 6.43. The van der Waals surface area contributed by atoms with E-state index in [0.717, 1.165) is 24.3 Å². The van der Waals surface area contributed by atoms with Crippen LogP contribution in [0.4, 0.5) is 48.2 Å². The van der Waals surface area contributed by atoms with Gasteiger partial charge >= 0.3 is 18.4 Å². The summed E-state index contributed by atoms with van der Waals surface area (Å²) in [6.45, 7) is 0. The van der Waals surface area contributed by atoms with Crippen LogP contribution in [0.5, 0.6) is 5.75 Å². The first-order chi connectivity index (χ1) is 16.4. The van der Waals surface area contributed by atoms with E-state index < -0.39 is 41.1 Å². The lowest BCUT2D eigenvalue weighted by Crippen LogP contribution is -2.21. The first kappa shape index (κ1) is 25.4. The zero-order valence-corrected chi connectivity index (χ0v) is 17.8. The van der Waals surface area contributed by atoms with E-state index in [2.05, 4.69) is 16.0 Å². The van der Waals surface area contributed by atoms with E-state index in [4.69, 9.17) is 4.74 Å². The topological polar surface area (TPSA) is 79.5 Å². The Morgan fingerprint density at radius 2 is 1.40 bits per heavy atom. The molecule has 0 aromatic heterocycles. The number of anilines is 3. The average Bonchev–Trinajstić information content (AvgIpc) is 2.78. The minimum Gasteiger partial charge on any atom is -0.496 e. The van der Waals surface area contributed by atoms with Crippen molar-refractivity contribution in [3.63, 3.8) is 0 Å². The third-order valence-electron chi connectivity index (χ3n) is 4.63. The summed E-state index contributed by atoms with van der Waals surface area (Å²) in [6, 6.07) is 11.2. The predicted molar refractivity (Wildman–Crippen MR) is 116 cm³/mol. The summed E-state index contributed by atoms with van der Waals surface area (Å²) >= 11 is 0. The number of hydrogen-bond acceptors (Lipinski definition) is 3. The van der Waals surface area contributed by atoms with Crippen molar-refractivity contribution in [1.29, 1.82) is 0 Å². The number of halogens is 6. The highest BCUT2D eigenvalue weighted by atomic mass is 19.4. The lowest BCUT2D eigenvalue weighted by molar-refractivity contribution is -0.138. The summed E-state index contributed by atoms with van der Waals surface area (Å²) in [6.07, 6.45) is -9.54. The molecule has 0 aliphatic heterocycles. The number of rotatable bonds is 5. The Morgan fingerprint density at radius 1 is 0.743 bits per heavy atom. The molecule has 0 aliphatic rings. The molecular weight excluding hydrogens is 480 g/mol. The maximum Gasteiger partial charge on any atom is 0.418 e. The number of methoxy groups -OCH3 is 1. The van der Waals surface area contributed by atoms with Crippen LogP contribution in [0.15, 0.2) is 66.7 Å². The highest BCUT2D eigenvalue weighted by Crippen LogP contribution is 2.37. The van der Waals surface area contributed by atoms with Crippen molar-refractivity contribution < 1.29 is 40.7 Å². The quantitative estimate of drug-likeness (QED) is 0.346. The Balaban J connectivity index is 1.80. The smallest absolute Gasteiger partial charge is 0.418 e. The van der Waals surface area contributed by atoms with Crippen LogP contribution >= 0.6 is 0 Å². The zero-order valence-electron chi connectivity index (χ0n) is 17.8. The summed E-state index contributed by atoms with van der Waals surface area (Å²) < 4.78 is 84.5. The number of benzene rings is 3. The maximum absolute atomic E-state index is 13.7. The first-order valence-electron chi connectivity index (χ1n) is 9.79. The van der Waals surface area contributed by atoms with Gasteiger partial charge in [-0.15, -0.1) is 0 Å². The number of alkyl halides is 6.